The fourth-order valence-electron chi connectivity index (χ4n) is 1.59. The first-order chi connectivity index (χ1) is 6.15. The second kappa shape index (κ2) is 4.97. The van der Waals surface area contributed by atoms with E-state index in [1.165, 1.54) is 19.3 Å². The van der Waals surface area contributed by atoms with Gasteiger partial charge in [0, 0.05) is 24.7 Å². The minimum Gasteiger partial charge on any atom is -0.312 e. The summed E-state index contributed by atoms with van der Waals surface area (Å²) < 4.78 is 0. The molecule has 1 aliphatic rings. The quantitative estimate of drug-likeness (QED) is 0.678. The molecule has 1 unspecified atom stereocenters. The first-order valence-corrected chi connectivity index (χ1v) is 5.60. The van der Waals surface area contributed by atoms with Crippen LogP contribution < -0.4 is 5.32 Å². The summed E-state index contributed by atoms with van der Waals surface area (Å²) in [6.07, 6.45) is 4.03. The van der Waals surface area contributed by atoms with Gasteiger partial charge in [0.2, 0.25) is 0 Å². The SMILES string of the molecule is CCC(CNC1CC1)N(C)C(C)C. The molecule has 1 fully saturated rings. The Labute approximate surface area is 82.7 Å². The van der Waals surface area contributed by atoms with E-state index in [9.17, 15) is 0 Å². The molecule has 0 bridgehead atoms. The van der Waals surface area contributed by atoms with Crippen molar-refractivity contribution in [3.8, 4) is 0 Å². The Morgan fingerprint density at radius 1 is 1.38 bits per heavy atom. The molecule has 0 aromatic carbocycles. The number of nitrogens with one attached hydrogen (secondary N) is 1. The number of likely N-dealkylation sites (N-methyl/N-ethyl adjacent to an activating group) is 1. The fourth-order valence-corrected chi connectivity index (χ4v) is 1.59. The minimum atomic E-state index is 0.658. The third-order valence-electron chi connectivity index (χ3n) is 3.08. The molecule has 0 amide bonds. The van der Waals surface area contributed by atoms with Crippen LogP contribution in [0.1, 0.15) is 40.0 Å². The summed E-state index contributed by atoms with van der Waals surface area (Å²) >= 11 is 0. The molecular formula is C11H24N2. The second-order valence-electron chi connectivity index (χ2n) is 4.50. The van der Waals surface area contributed by atoms with Gasteiger partial charge in [-0.1, -0.05) is 6.92 Å². The fraction of sp³-hybridized carbons (Fsp3) is 1.00. The average Bonchev–Trinajstić information content (AvgIpc) is 2.88. The van der Waals surface area contributed by atoms with Crippen molar-refractivity contribution >= 4 is 0 Å². The maximum atomic E-state index is 3.60. The Morgan fingerprint density at radius 2 is 2.00 bits per heavy atom. The van der Waals surface area contributed by atoms with Crippen LogP contribution in [0.3, 0.4) is 0 Å². The third-order valence-corrected chi connectivity index (χ3v) is 3.08. The molecule has 2 heteroatoms. The number of rotatable bonds is 6. The van der Waals surface area contributed by atoms with Crippen molar-refractivity contribution in [3.63, 3.8) is 0 Å². The predicted molar refractivity (Wildman–Crippen MR) is 58.0 cm³/mol. The van der Waals surface area contributed by atoms with E-state index in [1.807, 2.05) is 0 Å². The van der Waals surface area contributed by atoms with Crippen molar-refractivity contribution in [3.05, 3.63) is 0 Å². The largest absolute Gasteiger partial charge is 0.312 e. The predicted octanol–water partition coefficient (Wildman–Crippen LogP) is 1.86. The second-order valence-corrected chi connectivity index (χ2v) is 4.50. The monoisotopic (exact) mass is 184 g/mol. The highest BCUT2D eigenvalue weighted by molar-refractivity contribution is 4.83. The maximum absolute atomic E-state index is 3.60. The average molecular weight is 184 g/mol. The van der Waals surface area contributed by atoms with E-state index < -0.39 is 0 Å². The van der Waals surface area contributed by atoms with Gasteiger partial charge in [-0.2, -0.15) is 0 Å². The van der Waals surface area contributed by atoms with Gasteiger partial charge >= 0.3 is 0 Å². The van der Waals surface area contributed by atoms with Crippen molar-refractivity contribution in [1.82, 2.24) is 10.2 Å². The summed E-state index contributed by atoms with van der Waals surface area (Å²) in [4.78, 5) is 2.47. The topological polar surface area (TPSA) is 15.3 Å². The molecule has 0 saturated heterocycles. The van der Waals surface area contributed by atoms with Crippen LogP contribution in [-0.4, -0.2) is 36.6 Å². The molecule has 2 nitrogen and oxygen atoms in total. The van der Waals surface area contributed by atoms with Crippen molar-refractivity contribution in [2.45, 2.75) is 58.2 Å². The van der Waals surface area contributed by atoms with E-state index in [2.05, 4.69) is 38.0 Å². The zero-order valence-electron chi connectivity index (χ0n) is 9.51. The molecule has 0 aromatic rings. The van der Waals surface area contributed by atoms with Gasteiger partial charge in [-0.15, -0.1) is 0 Å². The molecule has 0 aromatic heterocycles. The summed E-state index contributed by atoms with van der Waals surface area (Å²) in [6, 6.07) is 2.21. The van der Waals surface area contributed by atoms with Gasteiger partial charge in [0.25, 0.3) is 0 Å². The van der Waals surface area contributed by atoms with E-state index in [0.29, 0.717) is 12.1 Å². The van der Waals surface area contributed by atoms with E-state index in [0.717, 1.165) is 12.6 Å². The Hall–Kier alpha value is -0.0800. The van der Waals surface area contributed by atoms with Gasteiger partial charge in [-0.3, -0.25) is 4.90 Å². The molecule has 1 N–H and O–H groups in total. The summed E-state index contributed by atoms with van der Waals surface area (Å²) in [5.41, 5.74) is 0. The lowest BCUT2D eigenvalue weighted by Crippen LogP contribution is -2.43. The van der Waals surface area contributed by atoms with E-state index in [4.69, 9.17) is 0 Å². The molecule has 0 radical (unpaired) electrons. The van der Waals surface area contributed by atoms with Gasteiger partial charge in [-0.25, -0.2) is 0 Å². The third kappa shape index (κ3) is 3.65. The van der Waals surface area contributed by atoms with Crippen LogP contribution in [0.15, 0.2) is 0 Å². The highest BCUT2D eigenvalue weighted by atomic mass is 15.2. The van der Waals surface area contributed by atoms with E-state index >= 15 is 0 Å². The summed E-state index contributed by atoms with van der Waals surface area (Å²) in [5.74, 6) is 0. The van der Waals surface area contributed by atoms with Gasteiger partial charge in [-0.05, 0) is 40.2 Å². The zero-order chi connectivity index (χ0) is 9.84. The number of nitrogens with zero attached hydrogens (tertiary/aromatic N) is 1. The molecular weight excluding hydrogens is 160 g/mol. The Balaban J connectivity index is 2.22. The molecule has 13 heavy (non-hydrogen) atoms. The van der Waals surface area contributed by atoms with Crippen molar-refractivity contribution in [2.75, 3.05) is 13.6 Å². The lowest BCUT2D eigenvalue weighted by Gasteiger charge is -2.30. The number of hydrogen-bond acceptors (Lipinski definition) is 2. The molecule has 1 saturated carbocycles. The summed E-state index contributed by atoms with van der Waals surface area (Å²) in [7, 11) is 2.23. The zero-order valence-corrected chi connectivity index (χ0v) is 9.51. The minimum absolute atomic E-state index is 0.658. The van der Waals surface area contributed by atoms with Gasteiger partial charge in [0.05, 0.1) is 0 Å². The Kier molecular flexibility index (Phi) is 4.20. The van der Waals surface area contributed by atoms with E-state index in [-0.39, 0.29) is 0 Å². The van der Waals surface area contributed by atoms with Crippen molar-refractivity contribution in [2.24, 2.45) is 0 Å². The van der Waals surface area contributed by atoms with Crippen LogP contribution in [0.25, 0.3) is 0 Å². The van der Waals surface area contributed by atoms with Crippen LogP contribution in [0.2, 0.25) is 0 Å². The van der Waals surface area contributed by atoms with Gasteiger partial charge < -0.3 is 5.32 Å². The summed E-state index contributed by atoms with van der Waals surface area (Å²) in [6.45, 7) is 7.97. The summed E-state index contributed by atoms with van der Waals surface area (Å²) in [5, 5.41) is 3.60. The van der Waals surface area contributed by atoms with Crippen LogP contribution in [-0.2, 0) is 0 Å². The Morgan fingerprint density at radius 3 is 2.38 bits per heavy atom. The van der Waals surface area contributed by atoms with Crippen molar-refractivity contribution in [1.29, 1.82) is 0 Å². The lowest BCUT2D eigenvalue weighted by molar-refractivity contribution is 0.185. The molecule has 1 atom stereocenters. The standard InChI is InChI=1S/C11H24N2/c1-5-11(13(4)9(2)3)8-12-10-6-7-10/h9-12H,5-8H2,1-4H3. The molecule has 1 aliphatic carbocycles. The Bertz CT molecular complexity index is 141. The normalized spacial score (nSPS) is 19.8. The number of hydrogen-bond donors (Lipinski definition) is 1. The first kappa shape index (κ1) is 11.0. The molecule has 0 spiro atoms. The smallest absolute Gasteiger partial charge is 0.0217 e. The maximum Gasteiger partial charge on any atom is 0.0217 e. The van der Waals surface area contributed by atoms with Gasteiger partial charge in [0.15, 0.2) is 0 Å². The van der Waals surface area contributed by atoms with Crippen LogP contribution in [0, 0.1) is 0 Å². The molecule has 0 aliphatic heterocycles. The van der Waals surface area contributed by atoms with Gasteiger partial charge in [0.1, 0.15) is 0 Å². The molecule has 1 rings (SSSR count). The van der Waals surface area contributed by atoms with Crippen molar-refractivity contribution < 1.29 is 0 Å². The highest BCUT2D eigenvalue weighted by Gasteiger charge is 2.23. The first-order valence-electron chi connectivity index (χ1n) is 5.60. The van der Waals surface area contributed by atoms with Crippen LogP contribution in [0.5, 0.6) is 0 Å². The van der Waals surface area contributed by atoms with Crippen LogP contribution in [0.4, 0.5) is 0 Å². The molecule has 0 heterocycles. The van der Waals surface area contributed by atoms with E-state index in [1.54, 1.807) is 0 Å². The molecule has 78 valence electrons. The lowest BCUT2D eigenvalue weighted by atomic mass is 10.1. The van der Waals surface area contributed by atoms with Crippen LogP contribution >= 0.6 is 0 Å². The highest BCUT2D eigenvalue weighted by Crippen LogP contribution is 2.19.